The van der Waals surface area contributed by atoms with Crippen LogP contribution in [0.5, 0.6) is 0 Å². The first kappa shape index (κ1) is 15.4. The molecule has 0 unspecified atom stereocenters. The van der Waals surface area contributed by atoms with Gasteiger partial charge in [0.15, 0.2) is 6.10 Å². The van der Waals surface area contributed by atoms with Crippen LogP contribution in [-0.2, 0) is 4.74 Å². The molecule has 0 amide bonds. The van der Waals surface area contributed by atoms with E-state index in [-0.39, 0.29) is 12.1 Å². The molecule has 0 N–H and O–H groups in total. The summed E-state index contributed by atoms with van der Waals surface area (Å²) in [4.78, 5) is 6.07. The summed E-state index contributed by atoms with van der Waals surface area (Å²) >= 11 is 1.73. The number of aliphatic imine (C=N–C) groups is 1. The SMILES string of the molecule is c1ccc([C@H]2N=C(c3cc4ccccc4s3)O[C@H]2c2ccccc2)cc1. The quantitative estimate of drug-likeness (QED) is 0.431. The van der Waals surface area contributed by atoms with E-state index in [4.69, 9.17) is 9.73 Å². The van der Waals surface area contributed by atoms with Crippen LogP contribution in [0.1, 0.15) is 28.1 Å². The van der Waals surface area contributed by atoms with Crippen molar-refractivity contribution in [1.29, 1.82) is 0 Å². The molecule has 0 radical (unpaired) electrons. The van der Waals surface area contributed by atoms with Gasteiger partial charge in [0.05, 0.1) is 4.88 Å². The van der Waals surface area contributed by atoms with Crippen LogP contribution in [0.3, 0.4) is 0 Å². The molecule has 0 saturated heterocycles. The molecule has 0 bridgehead atoms. The topological polar surface area (TPSA) is 21.6 Å². The van der Waals surface area contributed by atoms with Gasteiger partial charge in [-0.25, -0.2) is 4.99 Å². The second-order valence-electron chi connectivity index (χ2n) is 6.39. The molecule has 1 aliphatic rings. The predicted molar refractivity (Wildman–Crippen MR) is 108 cm³/mol. The molecule has 4 aromatic rings. The summed E-state index contributed by atoms with van der Waals surface area (Å²) in [5, 5.41) is 1.23. The van der Waals surface area contributed by atoms with E-state index in [1.807, 2.05) is 12.1 Å². The number of hydrogen-bond donors (Lipinski definition) is 0. The molecule has 0 fully saturated rings. The van der Waals surface area contributed by atoms with Crippen molar-refractivity contribution in [1.82, 2.24) is 0 Å². The standard InChI is InChI=1S/C23H17NOS/c1-3-9-16(10-4-1)21-22(17-11-5-2-6-12-17)25-23(24-21)20-15-18-13-7-8-14-19(18)26-20/h1-15,21-22H/t21-,22+/m1/s1. The maximum Gasteiger partial charge on any atom is 0.227 e. The molecule has 3 heteroatoms. The molecule has 5 rings (SSSR count). The molecule has 3 aromatic carbocycles. The van der Waals surface area contributed by atoms with E-state index >= 15 is 0 Å². The minimum absolute atomic E-state index is 0.0289. The Balaban J connectivity index is 1.58. The van der Waals surface area contributed by atoms with Crippen molar-refractivity contribution in [2.45, 2.75) is 12.1 Å². The van der Waals surface area contributed by atoms with E-state index in [2.05, 4.69) is 78.9 Å². The summed E-state index contributed by atoms with van der Waals surface area (Å²) in [6, 6.07) is 31.3. The highest BCUT2D eigenvalue weighted by Crippen LogP contribution is 2.42. The molecule has 0 spiro atoms. The van der Waals surface area contributed by atoms with Crippen molar-refractivity contribution in [2.75, 3.05) is 0 Å². The van der Waals surface area contributed by atoms with Gasteiger partial charge in [0.25, 0.3) is 0 Å². The van der Waals surface area contributed by atoms with E-state index in [0.29, 0.717) is 0 Å². The van der Waals surface area contributed by atoms with Gasteiger partial charge < -0.3 is 4.74 Å². The third-order valence-corrected chi connectivity index (χ3v) is 5.79. The van der Waals surface area contributed by atoms with Crippen LogP contribution in [0.4, 0.5) is 0 Å². The van der Waals surface area contributed by atoms with Gasteiger partial charge in [0.2, 0.25) is 5.90 Å². The summed E-state index contributed by atoms with van der Waals surface area (Å²) < 4.78 is 7.65. The third-order valence-electron chi connectivity index (χ3n) is 4.69. The Labute approximate surface area is 156 Å². The largest absolute Gasteiger partial charge is 0.466 e. The average molecular weight is 355 g/mol. The fourth-order valence-electron chi connectivity index (χ4n) is 3.41. The molecule has 1 aliphatic heterocycles. The Kier molecular flexibility index (Phi) is 3.80. The summed E-state index contributed by atoms with van der Waals surface area (Å²) in [7, 11) is 0. The maximum atomic E-state index is 6.39. The lowest BCUT2D eigenvalue weighted by Gasteiger charge is -2.18. The second-order valence-corrected chi connectivity index (χ2v) is 7.47. The van der Waals surface area contributed by atoms with Crippen molar-refractivity contribution < 1.29 is 4.74 Å². The normalized spacial score (nSPS) is 19.3. The predicted octanol–water partition coefficient (Wildman–Crippen LogP) is 6.16. The van der Waals surface area contributed by atoms with Crippen molar-refractivity contribution in [2.24, 2.45) is 4.99 Å². The van der Waals surface area contributed by atoms with Crippen molar-refractivity contribution >= 4 is 27.3 Å². The monoisotopic (exact) mass is 355 g/mol. The van der Waals surface area contributed by atoms with Crippen molar-refractivity contribution in [3.05, 3.63) is 107 Å². The molecule has 1 aromatic heterocycles. The van der Waals surface area contributed by atoms with Crippen LogP contribution < -0.4 is 0 Å². The maximum absolute atomic E-state index is 6.39. The van der Waals surface area contributed by atoms with Gasteiger partial charge in [0.1, 0.15) is 6.04 Å². The number of hydrogen-bond acceptors (Lipinski definition) is 3. The van der Waals surface area contributed by atoms with E-state index in [0.717, 1.165) is 16.3 Å². The van der Waals surface area contributed by atoms with Crippen molar-refractivity contribution in [3.63, 3.8) is 0 Å². The Morgan fingerprint density at radius 3 is 2.12 bits per heavy atom. The van der Waals surface area contributed by atoms with Crippen LogP contribution in [0.25, 0.3) is 10.1 Å². The fraction of sp³-hybridized carbons (Fsp3) is 0.0870. The highest BCUT2D eigenvalue weighted by molar-refractivity contribution is 7.20. The molecule has 0 aliphatic carbocycles. The number of rotatable bonds is 3. The Bertz CT molecular complexity index is 1040. The zero-order chi connectivity index (χ0) is 17.3. The molecule has 2 nitrogen and oxygen atoms in total. The first-order valence-electron chi connectivity index (χ1n) is 8.72. The molecule has 0 saturated carbocycles. The Morgan fingerprint density at radius 1 is 0.731 bits per heavy atom. The van der Waals surface area contributed by atoms with Crippen LogP contribution in [-0.4, -0.2) is 5.90 Å². The van der Waals surface area contributed by atoms with E-state index < -0.39 is 0 Å². The third kappa shape index (κ3) is 2.71. The van der Waals surface area contributed by atoms with Gasteiger partial charge in [-0.05, 0) is 28.6 Å². The molecule has 126 valence electrons. The van der Waals surface area contributed by atoms with Gasteiger partial charge in [0, 0.05) is 4.70 Å². The van der Waals surface area contributed by atoms with Crippen LogP contribution in [0, 0.1) is 0 Å². The van der Waals surface area contributed by atoms with E-state index in [1.54, 1.807) is 11.3 Å². The highest BCUT2D eigenvalue weighted by atomic mass is 32.1. The molecular formula is C23H17NOS. The van der Waals surface area contributed by atoms with Gasteiger partial charge in [-0.3, -0.25) is 0 Å². The Hall–Kier alpha value is -2.91. The second kappa shape index (κ2) is 6.43. The molecule has 26 heavy (non-hydrogen) atoms. The molecular weight excluding hydrogens is 338 g/mol. The Morgan fingerprint density at radius 2 is 1.38 bits per heavy atom. The molecule has 2 heterocycles. The van der Waals surface area contributed by atoms with Crippen LogP contribution >= 0.6 is 11.3 Å². The lowest BCUT2D eigenvalue weighted by atomic mass is 9.97. The number of nitrogens with zero attached hydrogens (tertiary/aromatic N) is 1. The highest BCUT2D eigenvalue weighted by Gasteiger charge is 2.34. The lowest BCUT2D eigenvalue weighted by Crippen LogP contribution is -2.08. The first-order valence-corrected chi connectivity index (χ1v) is 9.53. The van der Waals surface area contributed by atoms with Crippen LogP contribution in [0.2, 0.25) is 0 Å². The van der Waals surface area contributed by atoms with Gasteiger partial charge in [-0.1, -0.05) is 78.9 Å². The minimum Gasteiger partial charge on any atom is -0.466 e. The number of ether oxygens (including phenoxy) is 1. The number of benzene rings is 3. The summed E-state index contributed by atoms with van der Waals surface area (Å²) in [6.07, 6.45) is -0.0983. The summed E-state index contributed by atoms with van der Waals surface area (Å²) in [5.41, 5.74) is 2.33. The first-order chi connectivity index (χ1) is 12.9. The van der Waals surface area contributed by atoms with Gasteiger partial charge in [-0.15, -0.1) is 11.3 Å². The molecule has 2 atom stereocenters. The zero-order valence-corrected chi connectivity index (χ0v) is 14.9. The number of thiophene rings is 1. The smallest absolute Gasteiger partial charge is 0.227 e. The number of fused-ring (bicyclic) bond motifs is 1. The van der Waals surface area contributed by atoms with E-state index in [9.17, 15) is 0 Å². The average Bonchev–Trinajstić information content (AvgIpc) is 3.34. The van der Waals surface area contributed by atoms with Gasteiger partial charge >= 0.3 is 0 Å². The zero-order valence-electron chi connectivity index (χ0n) is 14.1. The summed E-state index contributed by atoms with van der Waals surface area (Å²) in [6.45, 7) is 0. The van der Waals surface area contributed by atoms with Gasteiger partial charge in [-0.2, -0.15) is 0 Å². The van der Waals surface area contributed by atoms with Crippen LogP contribution in [0.15, 0.2) is 96.0 Å². The minimum atomic E-state index is -0.0983. The van der Waals surface area contributed by atoms with E-state index in [1.165, 1.54) is 15.6 Å². The lowest BCUT2D eigenvalue weighted by molar-refractivity contribution is 0.197. The fourth-order valence-corrected chi connectivity index (χ4v) is 4.41. The summed E-state index contributed by atoms with van der Waals surface area (Å²) in [5.74, 6) is 0.744. The van der Waals surface area contributed by atoms with Crippen molar-refractivity contribution in [3.8, 4) is 0 Å².